The summed E-state index contributed by atoms with van der Waals surface area (Å²) in [4.78, 5) is 2.78. The predicted octanol–water partition coefficient (Wildman–Crippen LogP) is 3.05. The lowest BCUT2D eigenvalue weighted by Crippen LogP contribution is -2.51. The first-order chi connectivity index (χ1) is 6.77. The van der Waals surface area contributed by atoms with Gasteiger partial charge in [0, 0.05) is 6.04 Å². The summed E-state index contributed by atoms with van der Waals surface area (Å²) in [5.41, 5.74) is 0.839. The Labute approximate surface area is 87.9 Å². The van der Waals surface area contributed by atoms with Crippen LogP contribution < -0.4 is 0 Å². The van der Waals surface area contributed by atoms with Crippen LogP contribution in [0.1, 0.15) is 51.9 Å². The summed E-state index contributed by atoms with van der Waals surface area (Å²) >= 11 is 0. The van der Waals surface area contributed by atoms with E-state index in [-0.39, 0.29) is 0 Å². The Bertz CT molecular complexity index is 203. The topological polar surface area (TPSA) is 3.24 Å². The molecular weight excluding hydrogens is 170 g/mol. The van der Waals surface area contributed by atoms with Gasteiger partial charge in [0.2, 0.25) is 0 Å². The number of hydrogen-bond acceptors (Lipinski definition) is 1. The van der Waals surface area contributed by atoms with E-state index in [4.69, 9.17) is 0 Å². The van der Waals surface area contributed by atoms with E-state index in [2.05, 4.69) is 11.8 Å². The molecule has 1 heterocycles. The molecule has 2 aliphatic carbocycles. The average Bonchev–Trinajstić information content (AvgIpc) is 2.11. The summed E-state index contributed by atoms with van der Waals surface area (Å²) in [6.45, 7) is 5.22. The number of likely N-dealkylation sites (tertiary alicyclic amines) is 1. The van der Waals surface area contributed by atoms with E-state index < -0.39 is 0 Å². The molecule has 2 saturated carbocycles. The fourth-order valence-electron chi connectivity index (χ4n) is 3.70. The zero-order valence-corrected chi connectivity index (χ0v) is 9.47. The lowest BCUT2D eigenvalue weighted by atomic mass is 9.63. The van der Waals surface area contributed by atoms with E-state index in [9.17, 15) is 0 Å². The van der Waals surface area contributed by atoms with Crippen molar-refractivity contribution in [1.29, 1.82) is 0 Å². The summed E-state index contributed by atoms with van der Waals surface area (Å²) < 4.78 is 0. The first-order valence-electron chi connectivity index (χ1n) is 6.52. The fourth-order valence-corrected chi connectivity index (χ4v) is 3.70. The number of nitrogens with zero attached hydrogens (tertiary/aromatic N) is 1. The summed E-state index contributed by atoms with van der Waals surface area (Å²) in [7, 11) is 0. The molecule has 0 radical (unpaired) electrons. The molecule has 0 bridgehead atoms. The number of hydrogen-bond donors (Lipinski definition) is 0. The fraction of sp³-hybridized carbons (Fsp3) is 1.00. The first-order valence-corrected chi connectivity index (χ1v) is 6.52. The normalized spacial score (nSPS) is 41.8. The maximum atomic E-state index is 2.78. The highest BCUT2D eigenvalue weighted by atomic mass is 15.2. The largest absolute Gasteiger partial charge is 0.300 e. The smallest absolute Gasteiger partial charge is 0.0100 e. The highest BCUT2D eigenvalue weighted by molar-refractivity contribution is 4.95. The van der Waals surface area contributed by atoms with Crippen LogP contribution in [0.2, 0.25) is 0 Å². The Morgan fingerprint density at radius 2 is 1.64 bits per heavy atom. The molecule has 0 amide bonds. The van der Waals surface area contributed by atoms with Gasteiger partial charge in [-0.15, -0.1) is 0 Å². The molecule has 3 aliphatic rings. The van der Waals surface area contributed by atoms with Crippen LogP contribution >= 0.6 is 0 Å². The third-order valence-electron chi connectivity index (χ3n) is 5.14. The highest BCUT2D eigenvalue weighted by Crippen LogP contribution is 2.49. The van der Waals surface area contributed by atoms with Gasteiger partial charge in [0.05, 0.1) is 0 Å². The van der Waals surface area contributed by atoms with Crippen LogP contribution in [0.25, 0.3) is 0 Å². The molecule has 3 rings (SSSR count). The van der Waals surface area contributed by atoms with E-state index in [1.807, 2.05) is 0 Å². The van der Waals surface area contributed by atoms with Gasteiger partial charge in [-0.05, 0) is 62.9 Å². The minimum atomic E-state index is 0.839. The monoisotopic (exact) mass is 193 g/mol. The Hall–Kier alpha value is -0.0400. The molecule has 1 spiro atoms. The molecule has 14 heavy (non-hydrogen) atoms. The molecule has 1 nitrogen and oxygen atoms in total. The minimum Gasteiger partial charge on any atom is -0.300 e. The summed E-state index contributed by atoms with van der Waals surface area (Å²) in [5, 5.41) is 0. The summed E-state index contributed by atoms with van der Waals surface area (Å²) in [5.74, 6) is 1.01. The highest BCUT2D eigenvalue weighted by Gasteiger charge is 2.42. The Kier molecular flexibility index (Phi) is 2.12. The third kappa shape index (κ3) is 1.41. The maximum Gasteiger partial charge on any atom is 0.0100 e. The molecule has 1 heteroatoms. The molecule has 1 saturated heterocycles. The van der Waals surface area contributed by atoms with Crippen LogP contribution in [0.15, 0.2) is 0 Å². The molecule has 0 aromatic rings. The second-order valence-corrected chi connectivity index (χ2v) is 6.12. The standard InChI is InChI=1S/C13H23N/c1-11-9-12(10-11)14-7-5-13(6-8-14)3-2-4-13/h11-12H,2-10H2,1H3. The number of rotatable bonds is 1. The van der Waals surface area contributed by atoms with Gasteiger partial charge < -0.3 is 4.90 Å². The molecular formula is C13H23N. The molecule has 0 unspecified atom stereocenters. The van der Waals surface area contributed by atoms with Crippen molar-refractivity contribution >= 4 is 0 Å². The number of piperidine rings is 1. The van der Waals surface area contributed by atoms with E-state index in [0.29, 0.717) is 0 Å². The lowest BCUT2D eigenvalue weighted by Gasteiger charge is -2.52. The van der Waals surface area contributed by atoms with E-state index in [1.54, 1.807) is 12.8 Å². The first kappa shape index (κ1) is 9.21. The van der Waals surface area contributed by atoms with Crippen molar-refractivity contribution in [3.8, 4) is 0 Å². The van der Waals surface area contributed by atoms with Crippen molar-refractivity contribution in [3.63, 3.8) is 0 Å². The zero-order valence-electron chi connectivity index (χ0n) is 9.47. The lowest BCUT2D eigenvalue weighted by molar-refractivity contribution is -0.0117. The van der Waals surface area contributed by atoms with Gasteiger partial charge in [-0.25, -0.2) is 0 Å². The second-order valence-electron chi connectivity index (χ2n) is 6.12. The van der Waals surface area contributed by atoms with E-state index in [1.165, 1.54) is 45.2 Å². The SMILES string of the molecule is CC1CC(N2CCC3(CCC3)CC2)C1. The average molecular weight is 193 g/mol. The molecule has 0 N–H and O–H groups in total. The van der Waals surface area contributed by atoms with Gasteiger partial charge in [-0.3, -0.25) is 0 Å². The second kappa shape index (κ2) is 3.23. The van der Waals surface area contributed by atoms with Gasteiger partial charge >= 0.3 is 0 Å². The summed E-state index contributed by atoms with van der Waals surface area (Å²) in [6, 6.07) is 0.974. The van der Waals surface area contributed by atoms with E-state index in [0.717, 1.165) is 17.4 Å². The van der Waals surface area contributed by atoms with Crippen LogP contribution in [-0.2, 0) is 0 Å². The quantitative estimate of drug-likeness (QED) is 0.618. The van der Waals surface area contributed by atoms with Crippen molar-refractivity contribution < 1.29 is 0 Å². The molecule has 3 fully saturated rings. The van der Waals surface area contributed by atoms with Gasteiger partial charge in [0.15, 0.2) is 0 Å². The minimum absolute atomic E-state index is 0.839. The van der Waals surface area contributed by atoms with Crippen molar-refractivity contribution in [2.24, 2.45) is 11.3 Å². The van der Waals surface area contributed by atoms with Crippen LogP contribution in [0.5, 0.6) is 0 Å². The zero-order chi connectivity index (χ0) is 9.60. The van der Waals surface area contributed by atoms with Crippen molar-refractivity contribution in [3.05, 3.63) is 0 Å². The van der Waals surface area contributed by atoms with Gasteiger partial charge in [0.25, 0.3) is 0 Å². The predicted molar refractivity (Wildman–Crippen MR) is 59.3 cm³/mol. The van der Waals surface area contributed by atoms with Crippen LogP contribution in [0.4, 0.5) is 0 Å². The van der Waals surface area contributed by atoms with Crippen molar-refractivity contribution in [2.45, 2.75) is 57.9 Å². The Balaban J connectivity index is 1.51. The summed E-state index contributed by atoms with van der Waals surface area (Å²) in [6.07, 6.45) is 10.6. The van der Waals surface area contributed by atoms with Crippen LogP contribution in [0, 0.1) is 11.3 Å². The van der Waals surface area contributed by atoms with Crippen LogP contribution in [0.3, 0.4) is 0 Å². The van der Waals surface area contributed by atoms with Crippen molar-refractivity contribution in [2.75, 3.05) is 13.1 Å². The molecule has 1 aliphatic heterocycles. The Morgan fingerprint density at radius 1 is 1.00 bits per heavy atom. The van der Waals surface area contributed by atoms with Crippen LogP contribution in [-0.4, -0.2) is 24.0 Å². The van der Waals surface area contributed by atoms with E-state index >= 15 is 0 Å². The molecule has 0 aromatic heterocycles. The molecule has 80 valence electrons. The van der Waals surface area contributed by atoms with Gasteiger partial charge in [-0.2, -0.15) is 0 Å². The van der Waals surface area contributed by atoms with Crippen molar-refractivity contribution in [1.82, 2.24) is 4.90 Å². The molecule has 0 atom stereocenters. The van der Waals surface area contributed by atoms with Gasteiger partial charge in [-0.1, -0.05) is 13.3 Å². The Morgan fingerprint density at radius 3 is 2.07 bits per heavy atom. The maximum absolute atomic E-state index is 2.78. The van der Waals surface area contributed by atoms with Gasteiger partial charge in [0.1, 0.15) is 0 Å². The third-order valence-corrected chi connectivity index (χ3v) is 5.14. The molecule has 0 aromatic carbocycles.